The van der Waals surface area contributed by atoms with Gasteiger partial charge in [-0.05, 0) is 31.5 Å². The summed E-state index contributed by atoms with van der Waals surface area (Å²) in [6, 6.07) is 7.10. The van der Waals surface area contributed by atoms with Crippen LogP contribution in [0.4, 0.5) is 5.69 Å². The smallest absolute Gasteiger partial charge is 0.240 e. The number of para-hydroxylation sites is 2. The molecule has 0 bridgehead atoms. The van der Waals surface area contributed by atoms with E-state index < -0.39 is 0 Å². The van der Waals surface area contributed by atoms with Crippen molar-refractivity contribution in [2.24, 2.45) is 0 Å². The fourth-order valence-corrected chi connectivity index (χ4v) is 3.41. The number of nitrogens with zero attached hydrogens (tertiary/aromatic N) is 2. The van der Waals surface area contributed by atoms with E-state index >= 15 is 0 Å². The van der Waals surface area contributed by atoms with Crippen LogP contribution in [0.15, 0.2) is 24.3 Å². The van der Waals surface area contributed by atoms with Crippen molar-refractivity contribution in [2.45, 2.75) is 18.9 Å². The number of methoxy groups -OCH3 is 1. The molecule has 2 amide bonds. The molecule has 7 heteroatoms. The Labute approximate surface area is 147 Å². The molecule has 1 aromatic carbocycles. The number of carbonyl (C=O) groups is 2. The standard InChI is InChI=1S/C18H25N3O4/c1-24-16-7-3-2-5-14(16)19-17(22)13-21-8-4-6-15(21)18(23)20-9-11-25-12-10-20/h2-3,5,7,15H,4,6,8-13H2,1H3,(H,19,22)/t15-/m0/s1. The maximum atomic E-state index is 12.7. The van der Waals surface area contributed by atoms with Gasteiger partial charge in [-0.3, -0.25) is 14.5 Å². The Hall–Kier alpha value is -2.12. The largest absolute Gasteiger partial charge is 0.495 e. The van der Waals surface area contributed by atoms with Crippen LogP contribution in [0.3, 0.4) is 0 Å². The molecule has 7 nitrogen and oxygen atoms in total. The van der Waals surface area contributed by atoms with Crippen LogP contribution in [0.1, 0.15) is 12.8 Å². The number of carbonyl (C=O) groups excluding carboxylic acids is 2. The van der Waals surface area contributed by atoms with Crippen LogP contribution in [0.25, 0.3) is 0 Å². The Morgan fingerprint density at radius 1 is 1.24 bits per heavy atom. The van der Waals surface area contributed by atoms with E-state index in [0.29, 0.717) is 37.7 Å². The summed E-state index contributed by atoms with van der Waals surface area (Å²) in [5.41, 5.74) is 0.644. The Kier molecular flexibility index (Phi) is 5.88. The summed E-state index contributed by atoms with van der Waals surface area (Å²) in [6.07, 6.45) is 1.74. The molecular formula is C18H25N3O4. The van der Waals surface area contributed by atoms with E-state index in [-0.39, 0.29) is 24.4 Å². The monoisotopic (exact) mass is 347 g/mol. The average Bonchev–Trinajstić information content (AvgIpc) is 3.10. The highest BCUT2D eigenvalue weighted by molar-refractivity contribution is 5.94. The summed E-state index contributed by atoms with van der Waals surface area (Å²) in [5.74, 6) is 0.607. The van der Waals surface area contributed by atoms with E-state index in [4.69, 9.17) is 9.47 Å². The van der Waals surface area contributed by atoms with Crippen LogP contribution in [0, 0.1) is 0 Å². The lowest BCUT2D eigenvalue weighted by Gasteiger charge is -2.32. The molecule has 2 saturated heterocycles. The third-order valence-corrected chi connectivity index (χ3v) is 4.70. The molecule has 0 aromatic heterocycles. The maximum absolute atomic E-state index is 12.7. The fourth-order valence-electron chi connectivity index (χ4n) is 3.41. The summed E-state index contributed by atoms with van der Waals surface area (Å²) in [4.78, 5) is 29.0. The van der Waals surface area contributed by atoms with Gasteiger partial charge < -0.3 is 19.7 Å². The Bertz CT molecular complexity index is 616. The number of benzene rings is 1. The van der Waals surface area contributed by atoms with Crippen LogP contribution in [0.5, 0.6) is 5.75 Å². The molecule has 0 aliphatic carbocycles. The molecule has 1 atom stereocenters. The predicted octanol–water partition coefficient (Wildman–Crippen LogP) is 0.957. The molecule has 0 spiro atoms. The van der Waals surface area contributed by atoms with E-state index in [1.807, 2.05) is 21.9 Å². The van der Waals surface area contributed by atoms with Crippen molar-refractivity contribution < 1.29 is 19.1 Å². The minimum absolute atomic E-state index is 0.117. The van der Waals surface area contributed by atoms with Gasteiger partial charge in [-0.2, -0.15) is 0 Å². The maximum Gasteiger partial charge on any atom is 0.240 e. The van der Waals surface area contributed by atoms with Crippen LogP contribution in [-0.4, -0.2) is 74.2 Å². The second kappa shape index (κ2) is 8.31. The molecule has 136 valence electrons. The van der Waals surface area contributed by atoms with E-state index in [1.54, 1.807) is 19.2 Å². The molecule has 2 fully saturated rings. The van der Waals surface area contributed by atoms with Gasteiger partial charge in [-0.25, -0.2) is 0 Å². The molecule has 1 N–H and O–H groups in total. The number of nitrogens with one attached hydrogen (secondary N) is 1. The van der Waals surface area contributed by atoms with E-state index in [1.165, 1.54) is 0 Å². The molecule has 25 heavy (non-hydrogen) atoms. The zero-order valence-electron chi connectivity index (χ0n) is 14.6. The van der Waals surface area contributed by atoms with Crippen molar-refractivity contribution >= 4 is 17.5 Å². The molecule has 2 aliphatic heterocycles. The third-order valence-electron chi connectivity index (χ3n) is 4.70. The summed E-state index contributed by atoms with van der Waals surface area (Å²) in [6.45, 7) is 3.42. The molecule has 0 unspecified atom stereocenters. The van der Waals surface area contributed by atoms with Crippen LogP contribution < -0.4 is 10.1 Å². The highest BCUT2D eigenvalue weighted by Gasteiger charge is 2.35. The molecule has 0 radical (unpaired) electrons. The first kappa shape index (κ1) is 17.7. The van der Waals surface area contributed by atoms with Crippen molar-refractivity contribution in [2.75, 3.05) is 51.8 Å². The number of anilines is 1. The number of amides is 2. The number of hydrogen-bond donors (Lipinski definition) is 1. The van der Waals surface area contributed by atoms with Gasteiger partial charge in [0.05, 0.1) is 38.6 Å². The van der Waals surface area contributed by atoms with Gasteiger partial charge in [-0.1, -0.05) is 12.1 Å². The fraction of sp³-hybridized carbons (Fsp3) is 0.556. The van der Waals surface area contributed by atoms with Gasteiger partial charge in [0.2, 0.25) is 11.8 Å². The second-order valence-corrected chi connectivity index (χ2v) is 6.31. The number of ether oxygens (including phenoxy) is 2. The van der Waals surface area contributed by atoms with Gasteiger partial charge in [0.15, 0.2) is 0 Å². The van der Waals surface area contributed by atoms with Crippen molar-refractivity contribution in [3.05, 3.63) is 24.3 Å². The Balaban J connectivity index is 1.59. The zero-order valence-corrected chi connectivity index (χ0v) is 14.6. The predicted molar refractivity (Wildman–Crippen MR) is 93.6 cm³/mol. The first-order valence-electron chi connectivity index (χ1n) is 8.72. The summed E-state index contributed by atoms with van der Waals surface area (Å²) < 4.78 is 10.6. The van der Waals surface area contributed by atoms with Crippen LogP contribution >= 0.6 is 0 Å². The van der Waals surface area contributed by atoms with E-state index in [2.05, 4.69) is 5.32 Å². The van der Waals surface area contributed by atoms with Crippen LogP contribution in [-0.2, 0) is 14.3 Å². The molecule has 1 aromatic rings. The van der Waals surface area contributed by atoms with Crippen molar-refractivity contribution in [1.29, 1.82) is 0 Å². The number of rotatable bonds is 5. The highest BCUT2D eigenvalue weighted by Crippen LogP contribution is 2.24. The molecule has 0 saturated carbocycles. The lowest BCUT2D eigenvalue weighted by atomic mass is 10.2. The lowest BCUT2D eigenvalue weighted by Crippen LogP contribution is -2.50. The number of likely N-dealkylation sites (tertiary alicyclic amines) is 1. The molecular weight excluding hydrogens is 322 g/mol. The minimum Gasteiger partial charge on any atom is -0.495 e. The highest BCUT2D eigenvalue weighted by atomic mass is 16.5. The number of morpholine rings is 1. The minimum atomic E-state index is -0.207. The average molecular weight is 347 g/mol. The van der Waals surface area contributed by atoms with Gasteiger partial charge in [0.1, 0.15) is 5.75 Å². The van der Waals surface area contributed by atoms with Crippen LogP contribution in [0.2, 0.25) is 0 Å². The SMILES string of the molecule is COc1ccccc1NC(=O)CN1CCC[C@H]1C(=O)N1CCOCC1. The van der Waals surface area contributed by atoms with Crippen molar-refractivity contribution in [1.82, 2.24) is 9.80 Å². The first-order valence-corrected chi connectivity index (χ1v) is 8.72. The Morgan fingerprint density at radius 2 is 2.00 bits per heavy atom. The van der Waals surface area contributed by atoms with Crippen molar-refractivity contribution in [3.63, 3.8) is 0 Å². The zero-order chi connectivity index (χ0) is 17.6. The Morgan fingerprint density at radius 3 is 2.76 bits per heavy atom. The quantitative estimate of drug-likeness (QED) is 0.859. The van der Waals surface area contributed by atoms with Gasteiger partial charge in [0.25, 0.3) is 0 Å². The van der Waals surface area contributed by atoms with E-state index in [9.17, 15) is 9.59 Å². The topological polar surface area (TPSA) is 71.1 Å². The van der Waals surface area contributed by atoms with Gasteiger partial charge in [0, 0.05) is 13.1 Å². The molecule has 2 aliphatic rings. The van der Waals surface area contributed by atoms with E-state index in [0.717, 1.165) is 19.4 Å². The van der Waals surface area contributed by atoms with Gasteiger partial charge in [-0.15, -0.1) is 0 Å². The lowest BCUT2D eigenvalue weighted by molar-refractivity contribution is -0.140. The molecule has 3 rings (SSSR count). The normalized spacial score (nSPS) is 21.2. The third kappa shape index (κ3) is 4.29. The first-order chi connectivity index (χ1) is 12.2. The summed E-state index contributed by atoms with van der Waals surface area (Å²) in [5, 5.41) is 2.88. The second-order valence-electron chi connectivity index (χ2n) is 6.31. The number of hydrogen-bond acceptors (Lipinski definition) is 5. The van der Waals surface area contributed by atoms with Crippen molar-refractivity contribution in [3.8, 4) is 5.75 Å². The summed E-state index contributed by atoms with van der Waals surface area (Å²) >= 11 is 0. The van der Waals surface area contributed by atoms with Gasteiger partial charge >= 0.3 is 0 Å². The summed E-state index contributed by atoms with van der Waals surface area (Å²) in [7, 11) is 1.57. The molecule has 2 heterocycles.